The summed E-state index contributed by atoms with van der Waals surface area (Å²) in [7, 11) is 0. The van der Waals surface area contributed by atoms with Gasteiger partial charge < -0.3 is 15.8 Å². The number of alkyl halides is 3. The Bertz CT molecular complexity index is 223. The highest BCUT2D eigenvalue weighted by Gasteiger charge is 2.27. The minimum Gasteiger partial charge on any atom is -0.409 e. The highest BCUT2D eigenvalue weighted by Crippen LogP contribution is 2.29. The largest absolute Gasteiger partial charge is 0.441 e. The Kier molecular flexibility index (Phi) is 7.31. The fraction of sp³-hybridized carbons (Fsp3) is 0.875. The maximum Gasteiger partial charge on any atom is 0.441 e. The molecule has 0 aromatic rings. The lowest BCUT2D eigenvalue weighted by Gasteiger charge is -2.19. The van der Waals surface area contributed by atoms with Crippen LogP contribution >= 0.6 is 11.8 Å². The molecule has 0 amide bonds. The molecule has 0 fully saturated rings. The van der Waals surface area contributed by atoms with Crippen LogP contribution in [0.25, 0.3) is 0 Å². The molecule has 4 nitrogen and oxygen atoms in total. The van der Waals surface area contributed by atoms with E-state index in [1.807, 2.05) is 11.8 Å². The van der Waals surface area contributed by atoms with E-state index in [0.717, 1.165) is 0 Å². The van der Waals surface area contributed by atoms with Gasteiger partial charge in [-0.25, -0.2) is 0 Å². The van der Waals surface area contributed by atoms with Gasteiger partial charge in [0, 0.05) is 25.3 Å². The summed E-state index contributed by atoms with van der Waals surface area (Å²) in [5.74, 6) is 0.0787. The van der Waals surface area contributed by atoms with Crippen molar-refractivity contribution >= 4 is 17.6 Å². The second kappa shape index (κ2) is 7.61. The summed E-state index contributed by atoms with van der Waals surface area (Å²) in [6.07, 6.45) is 0.348. The zero-order valence-corrected chi connectivity index (χ0v) is 9.81. The van der Waals surface area contributed by atoms with E-state index in [-0.39, 0.29) is 23.4 Å². The van der Waals surface area contributed by atoms with Crippen LogP contribution < -0.4 is 5.73 Å². The van der Waals surface area contributed by atoms with Crippen molar-refractivity contribution in [3.05, 3.63) is 0 Å². The SMILES string of the molecule is CCN(CCSC(F)(F)F)CCC(N)=NO. The molecule has 16 heavy (non-hydrogen) atoms. The van der Waals surface area contributed by atoms with Crippen LogP contribution in [-0.4, -0.2) is 46.8 Å². The molecule has 0 aromatic carbocycles. The van der Waals surface area contributed by atoms with Crippen molar-refractivity contribution in [3.63, 3.8) is 0 Å². The number of nitrogens with zero attached hydrogens (tertiary/aromatic N) is 2. The minimum absolute atomic E-state index is 0.00644. The molecular weight excluding hydrogens is 243 g/mol. The van der Waals surface area contributed by atoms with Gasteiger partial charge in [-0.3, -0.25) is 0 Å². The Morgan fingerprint density at radius 2 is 2.06 bits per heavy atom. The maximum atomic E-state index is 11.9. The zero-order chi connectivity index (χ0) is 12.6. The monoisotopic (exact) mass is 259 g/mol. The van der Waals surface area contributed by atoms with E-state index in [9.17, 15) is 13.2 Å². The number of rotatable bonds is 7. The number of oxime groups is 1. The van der Waals surface area contributed by atoms with E-state index < -0.39 is 5.51 Å². The van der Waals surface area contributed by atoms with Crippen LogP contribution in [0.5, 0.6) is 0 Å². The maximum absolute atomic E-state index is 11.9. The molecule has 96 valence electrons. The van der Waals surface area contributed by atoms with Crippen LogP contribution in [0.4, 0.5) is 13.2 Å². The molecule has 0 spiro atoms. The zero-order valence-electron chi connectivity index (χ0n) is 9.00. The normalized spacial score (nSPS) is 13.4. The molecule has 0 aliphatic heterocycles. The smallest absolute Gasteiger partial charge is 0.409 e. The quantitative estimate of drug-likeness (QED) is 0.316. The first kappa shape index (κ1) is 15.4. The summed E-state index contributed by atoms with van der Waals surface area (Å²) in [5, 5.41) is 11.1. The molecule has 8 heteroatoms. The summed E-state index contributed by atoms with van der Waals surface area (Å²) in [5.41, 5.74) is 1.09. The van der Waals surface area contributed by atoms with Crippen molar-refractivity contribution < 1.29 is 18.4 Å². The summed E-state index contributed by atoms with van der Waals surface area (Å²) >= 11 is -0.0353. The van der Waals surface area contributed by atoms with E-state index >= 15 is 0 Å². The predicted octanol–water partition coefficient (Wildman–Crippen LogP) is 1.70. The number of nitrogens with two attached hydrogens (primary N) is 1. The van der Waals surface area contributed by atoms with Crippen molar-refractivity contribution in [3.8, 4) is 0 Å². The van der Waals surface area contributed by atoms with Crippen LogP contribution in [-0.2, 0) is 0 Å². The fourth-order valence-electron chi connectivity index (χ4n) is 1.04. The molecule has 0 aromatic heterocycles. The summed E-state index contributed by atoms with van der Waals surface area (Å²) < 4.78 is 35.6. The highest BCUT2D eigenvalue weighted by molar-refractivity contribution is 8.00. The van der Waals surface area contributed by atoms with Gasteiger partial charge in [0.1, 0.15) is 5.84 Å². The highest BCUT2D eigenvalue weighted by atomic mass is 32.2. The lowest BCUT2D eigenvalue weighted by Crippen LogP contribution is -2.30. The van der Waals surface area contributed by atoms with Crippen LogP contribution in [0.3, 0.4) is 0 Å². The Balaban J connectivity index is 3.76. The second-order valence-electron chi connectivity index (χ2n) is 3.07. The van der Waals surface area contributed by atoms with Gasteiger partial charge in [0.2, 0.25) is 0 Å². The first-order valence-electron chi connectivity index (χ1n) is 4.78. The predicted molar refractivity (Wildman–Crippen MR) is 58.7 cm³/mol. The number of thioether (sulfide) groups is 1. The first-order valence-corrected chi connectivity index (χ1v) is 5.77. The van der Waals surface area contributed by atoms with Crippen LogP contribution in [0.1, 0.15) is 13.3 Å². The van der Waals surface area contributed by atoms with E-state index in [1.165, 1.54) is 0 Å². The van der Waals surface area contributed by atoms with Gasteiger partial charge in [-0.05, 0) is 18.3 Å². The van der Waals surface area contributed by atoms with E-state index in [1.54, 1.807) is 0 Å². The van der Waals surface area contributed by atoms with Gasteiger partial charge in [0.25, 0.3) is 0 Å². The van der Waals surface area contributed by atoms with Crippen molar-refractivity contribution in [2.45, 2.75) is 18.9 Å². The molecule has 0 bridgehead atoms. The molecule has 0 rings (SSSR count). The van der Waals surface area contributed by atoms with E-state index in [4.69, 9.17) is 10.9 Å². The van der Waals surface area contributed by atoms with Crippen molar-refractivity contribution in [1.29, 1.82) is 0 Å². The van der Waals surface area contributed by atoms with Crippen LogP contribution in [0.15, 0.2) is 5.16 Å². The minimum atomic E-state index is -4.18. The van der Waals surface area contributed by atoms with E-state index in [2.05, 4.69) is 5.16 Å². The lowest BCUT2D eigenvalue weighted by atomic mass is 10.3. The van der Waals surface area contributed by atoms with Crippen LogP contribution in [0, 0.1) is 0 Å². The van der Waals surface area contributed by atoms with E-state index in [0.29, 0.717) is 26.1 Å². The van der Waals surface area contributed by atoms with Crippen molar-refractivity contribution in [2.75, 3.05) is 25.4 Å². The summed E-state index contributed by atoms with van der Waals surface area (Å²) in [4.78, 5) is 1.82. The Morgan fingerprint density at radius 3 is 2.50 bits per heavy atom. The summed E-state index contributed by atoms with van der Waals surface area (Å²) in [6, 6.07) is 0. The fourth-order valence-corrected chi connectivity index (χ4v) is 1.62. The number of halogens is 3. The molecule has 0 radical (unpaired) electrons. The van der Waals surface area contributed by atoms with Gasteiger partial charge in [-0.2, -0.15) is 13.2 Å². The van der Waals surface area contributed by atoms with Crippen molar-refractivity contribution in [1.82, 2.24) is 4.90 Å². The average molecular weight is 259 g/mol. The molecular formula is C8H16F3N3OS. The Labute approximate surface area is 96.7 Å². The third-order valence-electron chi connectivity index (χ3n) is 1.93. The van der Waals surface area contributed by atoms with Gasteiger partial charge >= 0.3 is 5.51 Å². The number of hydrogen-bond acceptors (Lipinski definition) is 4. The number of hydrogen-bond donors (Lipinski definition) is 2. The second-order valence-corrected chi connectivity index (χ2v) is 4.23. The third kappa shape index (κ3) is 8.66. The van der Waals surface area contributed by atoms with Gasteiger partial charge in [-0.15, -0.1) is 0 Å². The average Bonchev–Trinajstić information content (AvgIpc) is 2.20. The summed E-state index contributed by atoms with van der Waals surface area (Å²) in [6.45, 7) is 3.31. The third-order valence-corrected chi connectivity index (χ3v) is 2.65. The molecule has 0 atom stereocenters. The lowest BCUT2D eigenvalue weighted by molar-refractivity contribution is -0.0328. The standard InChI is InChI=1S/C8H16F3N3OS/c1-2-14(4-3-7(12)13-15)5-6-16-8(9,10)11/h15H,2-6H2,1H3,(H2,12,13). The first-order chi connectivity index (χ1) is 7.39. The molecule has 0 saturated carbocycles. The number of amidine groups is 1. The van der Waals surface area contributed by atoms with Gasteiger partial charge in [0.05, 0.1) is 0 Å². The molecule has 0 aliphatic rings. The van der Waals surface area contributed by atoms with Gasteiger partial charge in [-0.1, -0.05) is 12.1 Å². The molecule has 0 aliphatic carbocycles. The molecule has 0 saturated heterocycles. The van der Waals surface area contributed by atoms with Gasteiger partial charge in [0.15, 0.2) is 0 Å². The Morgan fingerprint density at radius 1 is 1.44 bits per heavy atom. The topological polar surface area (TPSA) is 61.8 Å². The molecule has 3 N–H and O–H groups in total. The van der Waals surface area contributed by atoms with Crippen LogP contribution in [0.2, 0.25) is 0 Å². The van der Waals surface area contributed by atoms with Crippen molar-refractivity contribution in [2.24, 2.45) is 10.9 Å². The molecule has 0 heterocycles. The Hall–Kier alpha value is -0.630. The molecule has 0 unspecified atom stereocenters.